The lowest BCUT2D eigenvalue weighted by Gasteiger charge is -2.18. The van der Waals surface area contributed by atoms with Gasteiger partial charge in [-0.15, -0.1) is 0 Å². The fraction of sp³-hybridized carbons (Fsp3) is 0.238. The minimum absolute atomic E-state index is 0.0886. The Morgan fingerprint density at radius 2 is 1.85 bits per heavy atom. The minimum atomic E-state index is -0.479. The third-order valence-electron chi connectivity index (χ3n) is 4.30. The van der Waals surface area contributed by atoms with Crippen LogP contribution in [0.5, 0.6) is 5.75 Å². The van der Waals surface area contributed by atoms with E-state index in [-0.39, 0.29) is 16.7 Å². The van der Waals surface area contributed by atoms with Crippen LogP contribution in [0.1, 0.15) is 47.8 Å². The SMILES string of the molecule is Cc1coc2ccc(C(=O)NN=Cc3ccc(C(C)(C)C)cc3)c(O)c12. The van der Waals surface area contributed by atoms with Crippen molar-refractivity contribution >= 4 is 23.1 Å². The van der Waals surface area contributed by atoms with E-state index < -0.39 is 5.91 Å². The lowest BCUT2D eigenvalue weighted by molar-refractivity contribution is 0.0952. The van der Waals surface area contributed by atoms with Crippen LogP contribution in [0, 0.1) is 6.92 Å². The van der Waals surface area contributed by atoms with E-state index in [0.717, 1.165) is 11.1 Å². The maximum absolute atomic E-state index is 12.3. The number of nitrogens with one attached hydrogen (secondary N) is 1. The summed E-state index contributed by atoms with van der Waals surface area (Å²) >= 11 is 0. The van der Waals surface area contributed by atoms with Gasteiger partial charge in [0.2, 0.25) is 0 Å². The second-order valence-corrected chi connectivity index (χ2v) is 7.32. The number of aryl methyl sites for hydroxylation is 1. The monoisotopic (exact) mass is 350 g/mol. The van der Waals surface area contributed by atoms with E-state index in [4.69, 9.17) is 4.42 Å². The van der Waals surface area contributed by atoms with Crippen LogP contribution in [0.3, 0.4) is 0 Å². The Morgan fingerprint density at radius 3 is 2.50 bits per heavy atom. The zero-order valence-corrected chi connectivity index (χ0v) is 15.3. The van der Waals surface area contributed by atoms with Crippen LogP contribution < -0.4 is 5.43 Å². The van der Waals surface area contributed by atoms with E-state index in [0.29, 0.717) is 11.0 Å². The van der Waals surface area contributed by atoms with E-state index in [1.807, 2.05) is 31.2 Å². The maximum Gasteiger partial charge on any atom is 0.275 e. The first kappa shape index (κ1) is 17.7. The summed E-state index contributed by atoms with van der Waals surface area (Å²) in [7, 11) is 0. The number of furan rings is 1. The third kappa shape index (κ3) is 3.47. The van der Waals surface area contributed by atoms with Gasteiger partial charge in [-0.3, -0.25) is 4.79 Å². The van der Waals surface area contributed by atoms with Crippen LogP contribution >= 0.6 is 0 Å². The molecule has 0 saturated carbocycles. The summed E-state index contributed by atoms with van der Waals surface area (Å²) in [5.41, 5.74) is 6.11. The van der Waals surface area contributed by atoms with Gasteiger partial charge in [-0.1, -0.05) is 45.0 Å². The van der Waals surface area contributed by atoms with E-state index in [1.54, 1.807) is 18.5 Å². The molecule has 3 aromatic rings. The molecule has 0 radical (unpaired) electrons. The Kier molecular flexibility index (Phi) is 4.55. The first-order chi connectivity index (χ1) is 12.3. The topological polar surface area (TPSA) is 74.8 Å². The summed E-state index contributed by atoms with van der Waals surface area (Å²) in [6.07, 6.45) is 3.12. The summed E-state index contributed by atoms with van der Waals surface area (Å²) in [6.45, 7) is 8.27. The van der Waals surface area contributed by atoms with Gasteiger partial charge in [-0.2, -0.15) is 5.10 Å². The maximum atomic E-state index is 12.3. The number of phenols is 1. The zero-order valence-electron chi connectivity index (χ0n) is 15.3. The molecule has 0 aliphatic rings. The number of hydrazone groups is 1. The van der Waals surface area contributed by atoms with Crippen molar-refractivity contribution in [1.82, 2.24) is 5.43 Å². The number of carbonyl (C=O) groups is 1. The highest BCUT2D eigenvalue weighted by Gasteiger charge is 2.16. The van der Waals surface area contributed by atoms with Gasteiger partial charge in [0.05, 0.1) is 23.4 Å². The lowest BCUT2D eigenvalue weighted by atomic mass is 9.87. The normalized spacial score (nSPS) is 12.0. The molecule has 134 valence electrons. The highest BCUT2D eigenvalue weighted by atomic mass is 16.3. The van der Waals surface area contributed by atoms with Gasteiger partial charge in [0.1, 0.15) is 11.3 Å². The molecule has 0 atom stereocenters. The number of aromatic hydroxyl groups is 1. The van der Waals surface area contributed by atoms with Crippen LogP contribution in [-0.2, 0) is 5.41 Å². The number of benzene rings is 2. The average molecular weight is 350 g/mol. The van der Waals surface area contributed by atoms with Crippen molar-refractivity contribution in [2.45, 2.75) is 33.1 Å². The number of phenolic OH excluding ortho intramolecular Hbond substituents is 1. The number of carbonyl (C=O) groups excluding carboxylic acids is 1. The number of hydrogen-bond acceptors (Lipinski definition) is 4. The van der Waals surface area contributed by atoms with Crippen LogP contribution in [0.4, 0.5) is 0 Å². The molecular weight excluding hydrogens is 328 g/mol. The smallest absolute Gasteiger partial charge is 0.275 e. The second kappa shape index (κ2) is 6.67. The number of nitrogens with zero attached hydrogens (tertiary/aromatic N) is 1. The Morgan fingerprint density at radius 1 is 1.15 bits per heavy atom. The molecule has 0 spiro atoms. The Balaban J connectivity index is 1.73. The van der Waals surface area contributed by atoms with Crippen LogP contribution in [0.25, 0.3) is 11.0 Å². The van der Waals surface area contributed by atoms with Gasteiger partial charge in [-0.05, 0) is 41.2 Å². The predicted octanol–water partition coefficient (Wildman–Crippen LogP) is 4.51. The molecule has 1 heterocycles. The largest absolute Gasteiger partial charge is 0.506 e. The lowest BCUT2D eigenvalue weighted by Crippen LogP contribution is -2.17. The van der Waals surface area contributed by atoms with Crippen molar-refractivity contribution in [3.63, 3.8) is 0 Å². The van der Waals surface area contributed by atoms with E-state index in [2.05, 4.69) is 31.3 Å². The summed E-state index contributed by atoms with van der Waals surface area (Å²) < 4.78 is 5.32. The molecule has 5 heteroatoms. The van der Waals surface area contributed by atoms with Crippen molar-refractivity contribution in [3.8, 4) is 5.75 Å². The van der Waals surface area contributed by atoms with Gasteiger partial charge in [0, 0.05) is 0 Å². The molecule has 0 fully saturated rings. The van der Waals surface area contributed by atoms with Crippen molar-refractivity contribution < 1.29 is 14.3 Å². The highest BCUT2D eigenvalue weighted by Crippen LogP contribution is 2.32. The van der Waals surface area contributed by atoms with Crippen LogP contribution in [0.15, 0.2) is 52.2 Å². The minimum Gasteiger partial charge on any atom is -0.506 e. The van der Waals surface area contributed by atoms with Crippen molar-refractivity contribution in [1.29, 1.82) is 0 Å². The molecule has 0 bridgehead atoms. The van der Waals surface area contributed by atoms with Gasteiger partial charge >= 0.3 is 0 Å². The van der Waals surface area contributed by atoms with E-state index in [9.17, 15) is 9.90 Å². The summed E-state index contributed by atoms with van der Waals surface area (Å²) in [5.74, 6) is -0.580. The summed E-state index contributed by atoms with van der Waals surface area (Å²) in [6, 6.07) is 11.2. The average Bonchev–Trinajstić information content (AvgIpc) is 2.97. The van der Waals surface area contributed by atoms with Gasteiger partial charge < -0.3 is 9.52 Å². The van der Waals surface area contributed by atoms with Crippen molar-refractivity contribution in [2.24, 2.45) is 5.10 Å². The standard InChI is InChI=1S/C21H22N2O3/c1-13-12-26-17-10-9-16(19(24)18(13)17)20(25)23-22-11-14-5-7-15(8-6-14)21(2,3)4/h5-12,24H,1-4H3,(H,23,25). The number of fused-ring (bicyclic) bond motifs is 1. The van der Waals surface area contributed by atoms with Gasteiger partial charge in [0.15, 0.2) is 0 Å². The Bertz CT molecular complexity index is 977. The molecule has 2 aromatic carbocycles. The molecule has 2 N–H and O–H groups in total. The molecule has 0 aliphatic heterocycles. The van der Waals surface area contributed by atoms with Crippen molar-refractivity contribution in [2.75, 3.05) is 0 Å². The molecule has 26 heavy (non-hydrogen) atoms. The summed E-state index contributed by atoms with van der Waals surface area (Å²) in [5, 5.41) is 14.9. The summed E-state index contributed by atoms with van der Waals surface area (Å²) in [4.78, 5) is 12.3. The van der Waals surface area contributed by atoms with Gasteiger partial charge in [-0.25, -0.2) is 5.43 Å². The van der Waals surface area contributed by atoms with Crippen LogP contribution in [-0.4, -0.2) is 17.2 Å². The second-order valence-electron chi connectivity index (χ2n) is 7.32. The molecule has 0 unspecified atom stereocenters. The van der Waals surface area contributed by atoms with Crippen molar-refractivity contribution in [3.05, 3.63) is 64.9 Å². The molecule has 3 rings (SSSR count). The highest BCUT2D eigenvalue weighted by molar-refractivity contribution is 6.03. The molecule has 0 aliphatic carbocycles. The molecule has 1 amide bonds. The molecule has 0 saturated heterocycles. The third-order valence-corrected chi connectivity index (χ3v) is 4.30. The first-order valence-corrected chi connectivity index (χ1v) is 8.41. The molecular formula is C21H22N2O3. The van der Waals surface area contributed by atoms with E-state index in [1.165, 1.54) is 11.6 Å². The fourth-order valence-corrected chi connectivity index (χ4v) is 2.74. The van der Waals surface area contributed by atoms with E-state index >= 15 is 0 Å². The number of hydrogen-bond donors (Lipinski definition) is 2. The number of rotatable bonds is 3. The molecule has 1 aromatic heterocycles. The quantitative estimate of drug-likeness (QED) is 0.539. The fourth-order valence-electron chi connectivity index (χ4n) is 2.74. The Labute approximate surface area is 152 Å². The zero-order chi connectivity index (χ0) is 18.9. The number of amides is 1. The predicted molar refractivity (Wildman–Crippen MR) is 103 cm³/mol. The first-order valence-electron chi connectivity index (χ1n) is 8.41. The Hall–Kier alpha value is -3.08. The molecule has 5 nitrogen and oxygen atoms in total. The van der Waals surface area contributed by atoms with Gasteiger partial charge in [0.25, 0.3) is 5.91 Å². The van der Waals surface area contributed by atoms with Crippen LogP contribution in [0.2, 0.25) is 0 Å².